The second-order valence-corrected chi connectivity index (χ2v) is 4.23. The first-order valence-electron chi connectivity index (χ1n) is 5.03. The van der Waals surface area contributed by atoms with Gasteiger partial charge in [-0.05, 0) is 31.5 Å². The average molecular weight is 216 g/mol. The largest absolute Gasteiger partial charge is 0.476 e. The highest BCUT2D eigenvalue weighted by molar-refractivity contribution is 6.00. The van der Waals surface area contributed by atoms with Crippen molar-refractivity contribution >= 4 is 11.6 Å². The van der Waals surface area contributed by atoms with Gasteiger partial charge in [0, 0.05) is 0 Å². The molecule has 1 aromatic carbocycles. The third kappa shape index (κ3) is 1.72. The average Bonchev–Trinajstić information content (AvgIpc) is 2.20. The molecule has 1 amide bonds. The highest BCUT2D eigenvalue weighted by Crippen LogP contribution is 2.34. The Morgan fingerprint density at radius 3 is 2.94 bits per heavy atom. The van der Waals surface area contributed by atoms with Crippen LogP contribution in [-0.2, 0) is 11.2 Å². The molecular formula is C12H12N2O2. The molecule has 4 nitrogen and oxygen atoms in total. The van der Waals surface area contributed by atoms with Gasteiger partial charge in [-0.1, -0.05) is 6.07 Å². The van der Waals surface area contributed by atoms with E-state index in [-0.39, 0.29) is 5.91 Å². The molecule has 1 heterocycles. The van der Waals surface area contributed by atoms with Crippen molar-refractivity contribution in [3.63, 3.8) is 0 Å². The fourth-order valence-electron chi connectivity index (χ4n) is 1.56. The van der Waals surface area contributed by atoms with Gasteiger partial charge < -0.3 is 10.1 Å². The molecule has 4 heteroatoms. The van der Waals surface area contributed by atoms with Gasteiger partial charge in [0.2, 0.25) is 0 Å². The number of hydrogen-bond donors (Lipinski definition) is 1. The van der Waals surface area contributed by atoms with Crippen molar-refractivity contribution in [2.75, 3.05) is 5.32 Å². The Morgan fingerprint density at radius 2 is 2.25 bits per heavy atom. The Bertz CT molecular complexity index is 486. The number of nitrogens with one attached hydrogen (secondary N) is 1. The quantitative estimate of drug-likeness (QED) is 0.779. The van der Waals surface area contributed by atoms with Gasteiger partial charge in [0.25, 0.3) is 5.91 Å². The minimum atomic E-state index is -0.844. The van der Waals surface area contributed by atoms with E-state index in [9.17, 15) is 4.79 Å². The van der Waals surface area contributed by atoms with Gasteiger partial charge in [-0.15, -0.1) is 0 Å². The van der Waals surface area contributed by atoms with Gasteiger partial charge in [0.1, 0.15) is 5.75 Å². The van der Waals surface area contributed by atoms with Gasteiger partial charge in [-0.3, -0.25) is 4.79 Å². The summed E-state index contributed by atoms with van der Waals surface area (Å²) in [6.07, 6.45) is 0.326. The number of anilines is 1. The molecule has 1 aliphatic heterocycles. The minimum Gasteiger partial charge on any atom is -0.476 e. The van der Waals surface area contributed by atoms with Crippen LogP contribution in [0.2, 0.25) is 0 Å². The van der Waals surface area contributed by atoms with E-state index in [1.807, 2.05) is 6.07 Å². The fraction of sp³-hybridized carbons (Fsp3) is 0.333. The molecule has 0 radical (unpaired) electrons. The summed E-state index contributed by atoms with van der Waals surface area (Å²) in [6, 6.07) is 7.44. The smallest absolute Gasteiger partial charge is 0.268 e. The minimum absolute atomic E-state index is 0.172. The molecule has 0 atom stereocenters. The van der Waals surface area contributed by atoms with Gasteiger partial charge in [-0.2, -0.15) is 5.26 Å². The van der Waals surface area contributed by atoms with Crippen molar-refractivity contribution in [1.82, 2.24) is 0 Å². The summed E-state index contributed by atoms with van der Waals surface area (Å²) in [4.78, 5) is 11.6. The third-order valence-electron chi connectivity index (χ3n) is 2.49. The van der Waals surface area contributed by atoms with Crippen LogP contribution in [0.5, 0.6) is 5.75 Å². The lowest BCUT2D eigenvalue weighted by atomic mass is 10.0. The molecule has 0 saturated heterocycles. The third-order valence-corrected chi connectivity index (χ3v) is 2.49. The lowest BCUT2D eigenvalue weighted by Crippen LogP contribution is -2.45. The number of nitriles is 1. The van der Waals surface area contributed by atoms with Crippen LogP contribution in [-0.4, -0.2) is 11.5 Å². The molecule has 16 heavy (non-hydrogen) atoms. The molecule has 0 saturated carbocycles. The van der Waals surface area contributed by atoms with E-state index in [2.05, 4.69) is 11.4 Å². The Labute approximate surface area is 93.8 Å². The number of hydrogen-bond acceptors (Lipinski definition) is 3. The Morgan fingerprint density at radius 1 is 1.50 bits per heavy atom. The maximum Gasteiger partial charge on any atom is 0.268 e. The summed E-state index contributed by atoms with van der Waals surface area (Å²) < 4.78 is 5.57. The number of carbonyl (C=O) groups excluding carboxylic acids is 1. The number of benzene rings is 1. The SMILES string of the molecule is CC1(C)Oc2ccc(CC#N)cc2NC1=O. The number of amides is 1. The number of ether oxygens (including phenoxy) is 1. The lowest BCUT2D eigenvalue weighted by molar-refractivity contribution is -0.129. The summed E-state index contributed by atoms with van der Waals surface area (Å²) in [5.41, 5.74) is 0.658. The van der Waals surface area contributed by atoms with E-state index in [1.165, 1.54) is 0 Å². The van der Waals surface area contributed by atoms with E-state index in [4.69, 9.17) is 10.00 Å². The highest BCUT2D eigenvalue weighted by atomic mass is 16.5. The number of fused-ring (bicyclic) bond motifs is 1. The van der Waals surface area contributed by atoms with Crippen molar-refractivity contribution in [2.45, 2.75) is 25.9 Å². The molecule has 0 unspecified atom stereocenters. The van der Waals surface area contributed by atoms with E-state index in [1.54, 1.807) is 26.0 Å². The van der Waals surface area contributed by atoms with Crippen LogP contribution >= 0.6 is 0 Å². The van der Waals surface area contributed by atoms with E-state index < -0.39 is 5.60 Å². The van der Waals surface area contributed by atoms with Crippen LogP contribution < -0.4 is 10.1 Å². The monoisotopic (exact) mass is 216 g/mol. The first kappa shape index (κ1) is 10.5. The van der Waals surface area contributed by atoms with Crippen molar-refractivity contribution < 1.29 is 9.53 Å². The molecule has 2 rings (SSSR count). The van der Waals surface area contributed by atoms with Gasteiger partial charge >= 0.3 is 0 Å². The van der Waals surface area contributed by atoms with E-state index in [0.717, 1.165) is 5.56 Å². The summed E-state index contributed by atoms with van der Waals surface area (Å²) >= 11 is 0. The van der Waals surface area contributed by atoms with E-state index in [0.29, 0.717) is 17.9 Å². The molecule has 1 aliphatic rings. The van der Waals surface area contributed by atoms with Crippen molar-refractivity contribution in [3.05, 3.63) is 23.8 Å². The summed E-state index contributed by atoms with van der Waals surface area (Å²) in [5.74, 6) is 0.473. The van der Waals surface area contributed by atoms with Crippen LogP contribution in [0.1, 0.15) is 19.4 Å². The van der Waals surface area contributed by atoms with Crippen molar-refractivity contribution in [2.24, 2.45) is 0 Å². The van der Waals surface area contributed by atoms with Crippen molar-refractivity contribution in [1.29, 1.82) is 5.26 Å². The number of carbonyl (C=O) groups is 1. The summed E-state index contributed by atoms with van der Waals surface area (Å²) in [6.45, 7) is 3.43. The standard InChI is InChI=1S/C12H12N2O2/c1-12(2)11(15)14-9-7-8(5-6-13)3-4-10(9)16-12/h3-4,7H,5H2,1-2H3,(H,14,15). The van der Waals surface area contributed by atoms with Gasteiger partial charge in [0.15, 0.2) is 5.60 Å². The Kier molecular flexibility index (Phi) is 2.31. The molecule has 0 aromatic heterocycles. The molecular weight excluding hydrogens is 204 g/mol. The van der Waals surface area contributed by atoms with Crippen molar-refractivity contribution in [3.8, 4) is 11.8 Å². The zero-order chi connectivity index (χ0) is 11.8. The molecule has 0 spiro atoms. The van der Waals surface area contributed by atoms with Crippen LogP contribution in [0.25, 0.3) is 0 Å². The zero-order valence-electron chi connectivity index (χ0n) is 9.20. The van der Waals surface area contributed by atoms with Crippen LogP contribution in [0.3, 0.4) is 0 Å². The normalized spacial score (nSPS) is 16.7. The maximum absolute atomic E-state index is 11.6. The molecule has 1 aromatic rings. The number of nitrogens with zero attached hydrogens (tertiary/aromatic N) is 1. The second kappa shape index (κ2) is 3.53. The lowest BCUT2D eigenvalue weighted by Gasteiger charge is -2.31. The van der Waals surface area contributed by atoms with Crippen LogP contribution in [0.15, 0.2) is 18.2 Å². The maximum atomic E-state index is 11.6. The first-order chi connectivity index (χ1) is 7.53. The first-order valence-corrected chi connectivity index (χ1v) is 5.03. The number of rotatable bonds is 1. The zero-order valence-corrected chi connectivity index (χ0v) is 9.20. The predicted molar refractivity (Wildman–Crippen MR) is 59.1 cm³/mol. The molecule has 0 bridgehead atoms. The molecule has 0 aliphatic carbocycles. The topological polar surface area (TPSA) is 62.1 Å². The van der Waals surface area contributed by atoms with E-state index >= 15 is 0 Å². The van der Waals surface area contributed by atoms with Crippen LogP contribution in [0.4, 0.5) is 5.69 Å². The van der Waals surface area contributed by atoms with Gasteiger partial charge in [0.05, 0.1) is 18.2 Å². The molecule has 0 fully saturated rings. The molecule has 82 valence electrons. The van der Waals surface area contributed by atoms with Gasteiger partial charge in [-0.25, -0.2) is 0 Å². The van der Waals surface area contributed by atoms with Crippen LogP contribution in [0, 0.1) is 11.3 Å². The predicted octanol–water partition coefficient (Wildman–Crippen LogP) is 1.86. The Balaban J connectivity index is 2.37. The summed E-state index contributed by atoms with van der Waals surface area (Å²) in [7, 11) is 0. The summed E-state index contributed by atoms with van der Waals surface area (Å²) in [5, 5.41) is 11.4. The fourth-order valence-corrected chi connectivity index (χ4v) is 1.56. The highest BCUT2D eigenvalue weighted by Gasteiger charge is 2.35. The Hall–Kier alpha value is -2.02. The molecule has 1 N–H and O–H groups in total. The second-order valence-electron chi connectivity index (χ2n) is 4.23.